The van der Waals surface area contributed by atoms with Crippen LogP contribution in [0.4, 0.5) is 0 Å². The number of fused-ring (bicyclic) bond motifs is 1. The molecule has 3 heteroatoms. The highest BCUT2D eigenvalue weighted by Gasteiger charge is 2.23. The number of aromatic nitrogens is 1. The van der Waals surface area contributed by atoms with E-state index in [4.69, 9.17) is 10.00 Å². The van der Waals surface area contributed by atoms with Gasteiger partial charge in [-0.15, -0.1) is 0 Å². The first-order valence-corrected chi connectivity index (χ1v) is 4.97. The fourth-order valence-corrected chi connectivity index (χ4v) is 1.82. The summed E-state index contributed by atoms with van der Waals surface area (Å²) in [5, 5.41) is 9.90. The zero-order chi connectivity index (χ0) is 10.3. The van der Waals surface area contributed by atoms with Gasteiger partial charge in [0.15, 0.2) is 0 Å². The molecule has 1 saturated heterocycles. The molecule has 1 aromatic heterocycles. The van der Waals surface area contributed by atoms with Crippen molar-refractivity contribution in [2.75, 3.05) is 6.61 Å². The molecule has 74 valence electrons. The lowest BCUT2D eigenvalue weighted by atomic mass is 10.2. The van der Waals surface area contributed by atoms with Crippen molar-refractivity contribution in [3.05, 3.63) is 36.0 Å². The molecule has 0 N–H and O–H groups in total. The van der Waals surface area contributed by atoms with Gasteiger partial charge in [0.1, 0.15) is 0 Å². The fraction of sp³-hybridized carbons (Fsp3) is 0.250. The van der Waals surface area contributed by atoms with Gasteiger partial charge in [0.2, 0.25) is 0 Å². The Bertz CT molecular complexity index is 546. The first kappa shape index (κ1) is 8.51. The molecule has 1 fully saturated rings. The van der Waals surface area contributed by atoms with E-state index >= 15 is 0 Å². The monoisotopic (exact) mass is 198 g/mol. The molecule has 3 rings (SSSR count). The van der Waals surface area contributed by atoms with Crippen LogP contribution >= 0.6 is 0 Å². The van der Waals surface area contributed by atoms with E-state index in [-0.39, 0.29) is 0 Å². The number of hydrogen-bond acceptors (Lipinski definition) is 2. The van der Waals surface area contributed by atoms with Crippen LogP contribution in [0.5, 0.6) is 0 Å². The van der Waals surface area contributed by atoms with Gasteiger partial charge < -0.3 is 9.30 Å². The maximum atomic E-state index is 8.78. The highest BCUT2D eigenvalue weighted by Crippen LogP contribution is 2.20. The number of ether oxygens (including phenoxy) is 1. The first-order chi connectivity index (χ1) is 7.36. The molecule has 0 aliphatic carbocycles. The summed E-state index contributed by atoms with van der Waals surface area (Å²) >= 11 is 0. The lowest BCUT2D eigenvalue weighted by Crippen LogP contribution is -2.01. The summed E-state index contributed by atoms with van der Waals surface area (Å²) in [6.07, 6.45) is 2.43. The van der Waals surface area contributed by atoms with Crippen LogP contribution < -0.4 is 0 Å². The Hall–Kier alpha value is -1.79. The molecule has 1 aliphatic rings. The lowest BCUT2D eigenvalue weighted by Gasteiger charge is -2.01. The summed E-state index contributed by atoms with van der Waals surface area (Å²) < 4.78 is 7.38. The number of rotatable bonds is 2. The van der Waals surface area contributed by atoms with Crippen LogP contribution in [0.25, 0.3) is 10.9 Å². The maximum absolute atomic E-state index is 8.78. The third-order valence-electron chi connectivity index (χ3n) is 2.70. The average Bonchev–Trinajstić information content (AvgIpc) is 2.99. The first-order valence-electron chi connectivity index (χ1n) is 4.97. The highest BCUT2D eigenvalue weighted by molar-refractivity contribution is 5.81. The van der Waals surface area contributed by atoms with E-state index in [1.54, 1.807) is 0 Å². The molecule has 0 saturated carbocycles. The van der Waals surface area contributed by atoms with Crippen molar-refractivity contribution in [3.63, 3.8) is 0 Å². The van der Waals surface area contributed by atoms with E-state index in [1.165, 1.54) is 5.52 Å². The molecule has 2 aromatic rings. The van der Waals surface area contributed by atoms with E-state index in [1.807, 2.05) is 30.5 Å². The molecule has 3 nitrogen and oxygen atoms in total. The van der Waals surface area contributed by atoms with Crippen LogP contribution in [-0.4, -0.2) is 17.3 Å². The smallest absolute Gasteiger partial charge is 0.0991 e. The van der Waals surface area contributed by atoms with Gasteiger partial charge in [-0.3, -0.25) is 0 Å². The van der Waals surface area contributed by atoms with Gasteiger partial charge in [-0.05, 0) is 24.3 Å². The SMILES string of the molecule is N#Cc1ccc2c(ccn2CC2CO2)c1. The van der Waals surface area contributed by atoms with Gasteiger partial charge in [0, 0.05) is 17.1 Å². The van der Waals surface area contributed by atoms with Crippen LogP contribution in [0, 0.1) is 11.3 Å². The topological polar surface area (TPSA) is 41.2 Å². The third-order valence-corrected chi connectivity index (χ3v) is 2.70. The summed E-state index contributed by atoms with van der Waals surface area (Å²) in [5.74, 6) is 0. The quantitative estimate of drug-likeness (QED) is 0.691. The van der Waals surface area contributed by atoms with Crippen LogP contribution in [0.1, 0.15) is 5.56 Å². The van der Waals surface area contributed by atoms with E-state index in [0.717, 1.165) is 18.5 Å². The standard InChI is InChI=1S/C12H10N2O/c13-6-9-1-2-12-10(5-9)3-4-14(12)7-11-8-15-11/h1-5,11H,7-8H2. The Balaban J connectivity index is 2.06. The van der Waals surface area contributed by atoms with Crippen molar-refractivity contribution in [1.82, 2.24) is 4.57 Å². The normalized spacial score (nSPS) is 19.0. The molecule has 1 unspecified atom stereocenters. The minimum atomic E-state index is 0.385. The Kier molecular flexibility index (Phi) is 1.77. The van der Waals surface area contributed by atoms with E-state index in [0.29, 0.717) is 11.7 Å². The second kappa shape index (κ2) is 3.11. The summed E-state index contributed by atoms with van der Waals surface area (Å²) in [6.45, 7) is 1.78. The largest absolute Gasteiger partial charge is 0.371 e. The molecule has 0 amide bonds. The molecule has 2 heterocycles. The van der Waals surface area contributed by atoms with Gasteiger partial charge in [0.25, 0.3) is 0 Å². The molecule has 15 heavy (non-hydrogen) atoms. The maximum Gasteiger partial charge on any atom is 0.0991 e. The van der Waals surface area contributed by atoms with Crippen molar-refractivity contribution in [2.24, 2.45) is 0 Å². The molecule has 0 bridgehead atoms. The number of hydrogen-bond donors (Lipinski definition) is 0. The fourth-order valence-electron chi connectivity index (χ4n) is 1.82. The van der Waals surface area contributed by atoms with Crippen molar-refractivity contribution < 1.29 is 4.74 Å². The zero-order valence-electron chi connectivity index (χ0n) is 8.18. The molecular formula is C12H10N2O. The molecule has 1 aliphatic heterocycles. The minimum Gasteiger partial charge on any atom is -0.371 e. The Labute approximate surface area is 87.5 Å². The predicted molar refractivity (Wildman–Crippen MR) is 56.4 cm³/mol. The van der Waals surface area contributed by atoms with Gasteiger partial charge in [0.05, 0.1) is 30.9 Å². The Morgan fingerprint density at radius 1 is 1.47 bits per heavy atom. The van der Waals surface area contributed by atoms with Gasteiger partial charge >= 0.3 is 0 Å². The van der Waals surface area contributed by atoms with Gasteiger partial charge in [-0.1, -0.05) is 0 Å². The molecule has 1 atom stereocenters. The minimum absolute atomic E-state index is 0.385. The van der Waals surface area contributed by atoms with E-state index < -0.39 is 0 Å². The molecule has 0 spiro atoms. The second-order valence-electron chi connectivity index (χ2n) is 3.81. The highest BCUT2D eigenvalue weighted by atomic mass is 16.6. The number of epoxide rings is 1. The molecule has 0 radical (unpaired) electrons. The zero-order valence-corrected chi connectivity index (χ0v) is 8.18. The third kappa shape index (κ3) is 1.49. The Morgan fingerprint density at radius 3 is 3.07 bits per heavy atom. The van der Waals surface area contributed by atoms with Crippen molar-refractivity contribution in [2.45, 2.75) is 12.6 Å². The van der Waals surface area contributed by atoms with Crippen LogP contribution in [-0.2, 0) is 11.3 Å². The molecular weight excluding hydrogens is 188 g/mol. The molecule has 1 aromatic carbocycles. The van der Waals surface area contributed by atoms with E-state index in [2.05, 4.69) is 10.6 Å². The summed E-state index contributed by atoms with van der Waals surface area (Å²) in [5.41, 5.74) is 1.88. The van der Waals surface area contributed by atoms with Gasteiger partial charge in [-0.25, -0.2) is 0 Å². The predicted octanol–water partition coefficient (Wildman–Crippen LogP) is 1.91. The van der Waals surface area contributed by atoms with E-state index in [9.17, 15) is 0 Å². The van der Waals surface area contributed by atoms with Crippen LogP contribution in [0.3, 0.4) is 0 Å². The second-order valence-corrected chi connectivity index (χ2v) is 3.81. The van der Waals surface area contributed by atoms with Gasteiger partial charge in [-0.2, -0.15) is 5.26 Å². The van der Waals surface area contributed by atoms with Crippen molar-refractivity contribution >= 4 is 10.9 Å². The lowest BCUT2D eigenvalue weighted by molar-refractivity contribution is 0.385. The van der Waals surface area contributed by atoms with Crippen molar-refractivity contribution in [3.8, 4) is 6.07 Å². The summed E-state index contributed by atoms with van der Waals surface area (Å²) in [6, 6.07) is 9.95. The van der Waals surface area contributed by atoms with Crippen LogP contribution in [0.15, 0.2) is 30.5 Å². The van der Waals surface area contributed by atoms with Crippen molar-refractivity contribution in [1.29, 1.82) is 5.26 Å². The van der Waals surface area contributed by atoms with Crippen LogP contribution in [0.2, 0.25) is 0 Å². The summed E-state index contributed by atoms with van der Waals surface area (Å²) in [7, 11) is 0. The summed E-state index contributed by atoms with van der Waals surface area (Å²) in [4.78, 5) is 0. The number of nitrogens with zero attached hydrogens (tertiary/aromatic N) is 2. The number of benzene rings is 1. The average molecular weight is 198 g/mol. The Morgan fingerprint density at radius 2 is 2.33 bits per heavy atom. The number of nitriles is 1.